The van der Waals surface area contributed by atoms with Gasteiger partial charge < -0.3 is 19.9 Å². The first kappa shape index (κ1) is 14.2. The lowest BCUT2D eigenvalue weighted by Gasteiger charge is -2.45. The average molecular weight is 302 g/mol. The second kappa shape index (κ2) is 5.66. The first-order valence-electron chi connectivity index (χ1n) is 7.97. The van der Waals surface area contributed by atoms with Crippen molar-refractivity contribution < 1.29 is 14.9 Å². The van der Waals surface area contributed by atoms with Gasteiger partial charge in [0.05, 0.1) is 26.0 Å². The van der Waals surface area contributed by atoms with Crippen molar-refractivity contribution in [1.82, 2.24) is 9.88 Å². The summed E-state index contributed by atoms with van der Waals surface area (Å²) in [5, 5.41) is 20.5. The minimum atomic E-state index is -0.324. The highest BCUT2D eigenvalue weighted by molar-refractivity contribution is 5.88. The van der Waals surface area contributed by atoms with Crippen molar-refractivity contribution in [3.8, 4) is 0 Å². The number of likely N-dealkylation sites (tertiary alicyclic amines) is 1. The van der Waals surface area contributed by atoms with Crippen LogP contribution in [0.3, 0.4) is 0 Å². The summed E-state index contributed by atoms with van der Waals surface area (Å²) in [6.07, 6.45) is 3.58. The van der Waals surface area contributed by atoms with Crippen LogP contribution < -0.4 is 0 Å². The number of benzene rings is 1. The molecule has 0 bridgehead atoms. The first-order valence-corrected chi connectivity index (χ1v) is 7.97. The Morgan fingerprint density at radius 3 is 3.14 bits per heavy atom. The Morgan fingerprint density at radius 1 is 1.36 bits per heavy atom. The van der Waals surface area contributed by atoms with E-state index in [9.17, 15) is 5.11 Å². The van der Waals surface area contributed by atoms with Gasteiger partial charge in [0.1, 0.15) is 0 Å². The number of nitrogens with one attached hydrogen (secondary N) is 1. The second-order valence-corrected chi connectivity index (χ2v) is 6.38. The van der Waals surface area contributed by atoms with Crippen molar-refractivity contribution in [2.24, 2.45) is 0 Å². The molecule has 1 aromatic heterocycles. The maximum atomic E-state index is 10.3. The number of nitrogens with zero attached hydrogens (tertiary/aromatic N) is 1. The lowest BCUT2D eigenvalue weighted by atomic mass is 9.74. The van der Waals surface area contributed by atoms with Gasteiger partial charge in [-0.25, -0.2) is 0 Å². The first-order chi connectivity index (χ1) is 10.8. The molecule has 1 aromatic carbocycles. The number of β-amino-alcohol motifs (C(OH)–C–C–N with tert-alkyl or cyclic N) is 1. The molecule has 3 atom stereocenters. The fourth-order valence-corrected chi connectivity index (χ4v) is 4.17. The van der Waals surface area contributed by atoms with Crippen LogP contribution >= 0.6 is 0 Å². The topological polar surface area (TPSA) is 68.7 Å². The summed E-state index contributed by atoms with van der Waals surface area (Å²) >= 11 is 0. The Morgan fingerprint density at radius 2 is 2.27 bits per heavy atom. The Hall–Kier alpha value is -1.40. The van der Waals surface area contributed by atoms with E-state index in [1.165, 1.54) is 22.0 Å². The number of hydrogen-bond acceptors (Lipinski definition) is 4. The zero-order valence-electron chi connectivity index (χ0n) is 12.5. The van der Waals surface area contributed by atoms with Gasteiger partial charge in [-0.15, -0.1) is 0 Å². The van der Waals surface area contributed by atoms with Gasteiger partial charge >= 0.3 is 0 Å². The molecule has 1 aliphatic carbocycles. The maximum Gasteiger partial charge on any atom is 0.0994 e. The quantitative estimate of drug-likeness (QED) is 0.743. The number of fused-ring (bicyclic) bond motifs is 2. The molecule has 1 saturated heterocycles. The van der Waals surface area contributed by atoms with Crippen molar-refractivity contribution in [3.05, 3.63) is 35.5 Å². The smallest absolute Gasteiger partial charge is 0.0994 e. The minimum absolute atomic E-state index is 0.0335. The summed E-state index contributed by atoms with van der Waals surface area (Å²) < 4.78 is 5.52. The van der Waals surface area contributed by atoms with Crippen LogP contribution in [0, 0.1) is 0 Å². The van der Waals surface area contributed by atoms with Crippen LogP contribution in [0.2, 0.25) is 0 Å². The number of rotatable bonds is 4. The van der Waals surface area contributed by atoms with Crippen LogP contribution in [0.5, 0.6) is 0 Å². The normalized spacial score (nSPS) is 28.0. The van der Waals surface area contributed by atoms with Crippen LogP contribution in [0.4, 0.5) is 0 Å². The Balaban J connectivity index is 1.67. The molecule has 2 aliphatic rings. The number of hydrogen-bond donors (Lipinski definition) is 3. The maximum absolute atomic E-state index is 10.3. The third-order valence-corrected chi connectivity index (χ3v) is 5.05. The number of piperidine rings is 1. The summed E-state index contributed by atoms with van der Waals surface area (Å²) in [6, 6.07) is 6.76. The summed E-state index contributed by atoms with van der Waals surface area (Å²) in [7, 11) is 0. The number of aromatic nitrogens is 1. The van der Waals surface area contributed by atoms with Gasteiger partial charge in [0.15, 0.2) is 0 Å². The lowest BCUT2D eigenvalue weighted by molar-refractivity contribution is -0.0594. The molecule has 5 nitrogen and oxygen atoms in total. The van der Waals surface area contributed by atoms with Gasteiger partial charge in [-0.2, -0.15) is 0 Å². The van der Waals surface area contributed by atoms with Gasteiger partial charge in [0.2, 0.25) is 0 Å². The molecule has 3 N–H and O–H groups in total. The predicted octanol–water partition coefficient (Wildman–Crippen LogP) is 1.21. The molecule has 0 amide bonds. The zero-order valence-corrected chi connectivity index (χ0v) is 12.5. The molecule has 4 rings (SSSR count). The highest BCUT2D eigenvalue weighted by atomic mass is 16.5. The van der Waals surface area contributed by atoms with Crippen LogP contribution in [0.1, 0.15) is 23.5 Å². The summed E-state index contributed by atoms with van der Waals surface area (Å²) in [5.41, 5.74) is 3.89. The van der Waals surface area contributed by atoms with E-state index < -0.39 is 0 Å². The molecule has 2 aromatic rings. The van der Waals surface area contributed by atoms with E-state index in [2.05, 4.69) is 34.3 Å². The molecule has 0 saturated carbocycles. The number of aromatic amines is 1. The standard InChI is InChI=1S/C17H22N2O3/c20-4-5-22-10-19-9-12(21)7-14-13-2-1-3-15-17(13)11(8-18-15)6-16(14)19/h1-3,8,12,14,16,18,20-21H,4-7,9-10H2/t12-,14?,16-/m1/s1. The van der Waals surface area contributed by atoms with Gasteiger partial charge in [0, 0.05) is 35.6 Å². The van der Waals surface area contributed by atoms with Crippen molar-refractivity contribution in [2.75, 3.05) is 26.5 Å². The van der Waals surface area contributed by atoms with Crippen LogP contribution in [0.15, 0.2) is 24.4 Å². The van der Waals surface area contributed by atoms with E-state index in [0.717, 1.165) is 12.8 Å². The van der Waals surface area contributed by atoms with Crippen LogP contribution in [-0.2, 0) is 11.2 Å². The number of aliphatic hydroxyl groups excluding tert-OH is 2. The molecule has 118 valence electrons. The summed E-state index contributed by atoms with van der Waals surface area (Å²) in [5.74, 6) is 0.341. The Labute approximate surface area is 129 Å². The van der Waals surface area contributed by atoms with E-state index in [4.69, 9.17) is 9.84 Å². The SMILES string of the molecule is OCCOCN1C[C@H](O)CC2c3cccc4[nH]cc(c34)C[C@H]21. The summed E-state index contributed by atoms with van der Waals surface area (Å²) in [4.78, 5) is 5.59. The molecule has 22 heavy (non-hydrogen) atoms. The van der Waals surface area contributed by atoms with Gasteiger partial charge in [0.25, 0.3) is 0 Å². The third kappa shape index (κ3) is 2.25. The molecule has 5 heteroatoms. The second-order valence-electron chi connectivity index (χ2n) is 6.38. The molecule has 1 unspecified atom stereocenters. The third-order valence-electron chi connectivity index (χ3n) is 5.05. The van der Waals surface area contributed by atoms with E-state index >= 15 is 0 Å². The molecule has 2 heterocycles. The van der Waals surface area contributed by atoms with Crippen LogP contribution in [0.25, 0.3) is 10.9 Å². The van der Waals surface area contributed by atoms with E-state index in [-0.39, 0.29) is 12.7 Å². The fourth-order valence-electron chi connectivity index (χ4n) is 4.17. The zero-order chi connectivity index (χ0) is 15.1. The number of H-pyrrole nitrogens is 1. The lowest BCUT2D eigenvalue weighted by Crippen LogP contribution is -2.52. The minimum Gasteiger partial charge on any atom is -0.394 e. The van der Waals surface area contributed by atoms with Crippen molar-refractivity contribution in [2.45, 2.75) is 30.9 Å². The van der Waals surface area contributed by atoms with E-state index in [0.29, 0.717) is 31.8 Å². The number of ether oxygens (including phenoxy) is 1. The van der Waals surface area contributed by atoms with Crippen LogP contribution in [-0.4, -0.2) is 58.7 Å². The van der Waals surface area contributed by atoms with E-state index in [1.807, 2.05) is 0 Å². The number of aliphatic hydroxyl groups is 2. The predicted molar refractivity (Wildman–Crippen MR) is 83.8 cm³/mol. The molecule has 0 spiro atoms. The molecule has 1 aliphatic heterocycles. The fraction of sp³-hybridized carbons (Fsp3) is 0.529. The molecular formula is C17H22N2O3. The Bertz CT molecular complexity index is 669. The molecule has 1 fully saturated rings. The summed E-state index contributed by atoms with van der Waals surface area (Å²) in [6.45, 7) is 1.48. The average Bonchev–Trinajstić information content (AvgIpc) is 2.93. The monoisotopic (exact) mass is 302 g/mol. The van der Waals surface area contributed by atoms with Gasteiger partial charge in [-0.3, -0.25) is 4.90 Å². The van der Waals surface area contributed by atoms with Crippen molar-refractivity contribution in [1.29, 1.82) is 0 Å². The van der Waals surface area contributed by atoms with E-state index in [1.54, 1.807) is 0 Å². The van der Waals surface area contributed by atoms with Gasteiger partial charge in [-0.05, 0) is 30.0 Å². The highest BCUT2D eigenvalue weighted by Crippen LogP contribution is 2.43. The van der Waals surface area contributed by atoms with Gasteiger partial charge in [-0.1, -0.05) is 12.1 Å². The van der Waals surface area contributed by atoms with Crippen molar-refractivity contribution >= 4 is 10.9 Å². The highest BCUT2D eigenvalue weighted by Gasteiger charge is 2.40. The molecular weight excluding hydrogens is 280 g/mol. The van der Waals surface area contributed by atoms with Crippen molar-refractivity contribution in [3.63, 3.8) is 0 Å². The Kier molecular flexibility index (Phi) is 3.66. The molecule has 0 radical (unpaired) electrons. The largest absolute Gasteiger partial charge is 0.394 e.